The molecule has 12 aromatic rings. The molecule has 0 N–H and O–H groups in total. The maximum atomic E-state index is 5.75. The highest BCUT2D eigenvalue weighted by atomic mass is 32.1. The van der Waals surface area contributed by atoms with Crippen molar-refractivity contribution in [3.63, 3.8) is 0 Å². The van der Waals surface area contributed by atoms with Gasteiger partial charge in [0.05, 0.1) is 11.4 Å². The number of aromatic nitrogens is 2. The zero-order valence-electron chi connectivity index (χ0n) is 33.5. The van der Waals surface area contributed by atoms with Crippen LogP contribution in [0.15, 0.2) is 218 Å². The van der Waals surface area contributed by atoms with E-state index in [4.69, 9.17) is 9.97 Å². The van der Waals surface area contributed by atoms with Crippen LogP contribution in [0.5, 0.6) is 0 Å². The average Bonchev–Trinajstić information content (AvgIpc) is 3.93. The summed E-state index contributed by atoms with van der Waals surface area (Å²) in [6.45, 7) is 0. The Hall–Kier alpha value is -7.50. The van der Waals surface area contributed by atoms with Gasteiger partial charge in [-0.25, -0.2) is 9.97 Å². The van der Waals surface area contributed by atoms with Crippen LogP contribution in [0, 0.1) is 0 Å². The van der Waals surface area contributed by atoms with Crippen molar-refractivity contribution in [3.05, 3.63) is 218 Å². The molecule has 0 aliphatic carbocycles. The number of hydrogen-bond donors (Lipinski definition) is 0. The van der Waals surface area contributed by atoms with Crippen LogP contribution in [0.3, 0.4) is 0 Å². The van der Waals surface area contributed by atoms with Crippen molar-refractivity contribution < 1.29 is 0 Å². The Morgan fingerprint density at radius 3 is 1.18 bits per heavy atom. The SMILES string of the molecule is c1ccc(-c2ccccc2-c2c(-c3ccccc3)ccc(-c3ccccc3)c2-c2nc(-c3cccc4c3sc3ccccc34)cc(-c3cccc4c3sc3ccccc34)n2)cc1. The first kappa shape index (κ1) is 36.4. The van der Waals surface area contributed by atoms with Gasteiger partial charge < -0.3 is 0 Å². The molecule has 0 spiro atoms. The van der Waals surface area contributed by atoms with Crippen LogP contribution in [0.25, 0.3) is 119 Å². The van der Waals surface area contributed by atoms with E-state index in [0.717, 1.165) is 72.6 Å². The van der Waals surface area contributed by atoms with Crippen LogP contribution in [0.4, 0.5) is 0 Å². The van der Waals surface area contributed by atoms with Crippen LogP contribution in [0.1, 0.15) is 0 Å². The molecule has 0 fully saturated rings. The summed E-state index contributed by atoms with van der Waals surface area (Å²) in [5, 5.41) is 5.01. The molecule has 9 aromatic carbocycles. The van der Waals surface area contributed by atoms with Crippen molar-refractivity contribution in [2.75, 3.05) is 0 Å². The van der Waals surface area contributed by atoms with Crippen molar-refractivity contribution in [1.29, 1.82) is 0 Å². The van der Waals surface area contributed by atoms with Crippen LogP contribution in [-0.4, -0.2) is 9.97 Å². The molecular formula is C58H36N2S2. The largest absolute Gasteiger partial charge is 0.228 e. The molecule has 62 heavy (non-hydrogen) atoms. The van der Waals surface area contributed by atoms with Crippen molar-refractivity contribution in [2.45, 2.75) is 0 Å². The molecular weight excluding hydrogens is 789 g/mol. The third kappa shape index (κ3) is 6.15. The van der Waals surface area contributed by atoms with Gasteiger partial charge in [-0.1, -0.05) is 200 Å². The number of thiophene rings is 2. The smallest absolute Gasteiger partial charge is 0.161 e. The van der Waals surface area contributed by atoms with Crippen LogP contribution in [0.2, 0.25) is 0 Å². The summed E-state index contributed by atoms with van der Waals surface area (Å²) in [4.78, 5) is 11.5. The van der Waals surface area contributed by atoms with E-state index in [1.54, 1.807) is 0 Å². The minimum Gasteiger partial charge on any atom is -0.228 e. The summed E-state index contributed by atoms with van der Waals surface area (Å²) >= 11 is 3.67. The van der Waals surface area contributed by atoms with E-state index >= 15 is 0 Å². The molecule has 0 radical (unpaired) electrons. The summed E-state index contributed by atoms with van der Waals surface area (Å²) in [5.41, 5.74) is 14.0. The van der Waals surface area contributed by atoms with Crippen molar-refractivity contribution >= 4 is 63.0 Å². The highest BCUT2D eigenvalue weighted by Gasteiger charge is 2.25. The second kappa shape index (κ2) is 15.2. The molecule has 2 nitrogen and oxygen atoms in total. The molecule has 12 rings (SSSR count). The van der Waals surface area contributed by atoms with Gasteiger partial charge in [0.1, 0.15) is 0 Å². The zero-order chi connectivity index (χ0) is 41.0. The van der Waals surface area contributed by atoms with E-state index in [0.29, 0.717) is 5.82 Å². The molecule has 3 heterocycles. The Kier molecular flexibility index (Phi) is 8.91. The fourth-order valence-electron chi connectivity index (χ4n) is 9.13. The van der Waals surface area contributed by atoms with Gasteiger partial charge in [-0.05, 0) is 57.1 Å². The van der Waals surface area contributed by atoms with Gasteiger partial charge in [0.15, 0.2) is 5.82 Å². The first-order valence-corrected chi connectivity index (χ1v) is 22.5. The molecule has 290 valence electrons. The molecule has 0 unspecified atom stereocenters. The van der Waals surface area contributed by atoms with Crippen molar-refractivity contribution in [1.82, 2.24) is 9.97 Å². The van der Waals surface area contributed by atoms with Crippen molar-refractivity contribution in [3.8, 4) is 78.4 Å². The van der Waals surface area contributed by atoms with Gasteiger partial charge in [-0.3, -0.25) is 0 Å². The fourth-order valence-corrected chi connectivity index (χ4v) is 11.6. The molecule has 0 bridgehead atoms. The number of hydrogen-bond acceptors (Lipinski definition) is 4. The topological polar surface area (TPSA) is 25.8 Å². The molecule has 0 amide bonds. The number of nitrogens with zero attached hydrogens (tertiary/aromatic N) is 2. The standard InChI is InChI=1S/C58H36N2S2/c1-4-18-37(19-5-1)40-24-10-11-27-45(40)54-41(38-20-6-2-7-21-38)34-35-42(39-22-8-3-9-23-39)55(54)58-59-50(48-30-16-28-46-43-25-12-14-32-52(43)61-56(46)48)36-51(60-58)49-31-17-29-47-44-26-13-15-33-53(44)62-57(47)49/h1-36H. The predicted molar refractivity (Wildman–Crippen MR) is 266 cm³/mol. The van der Waals surface area contributed by atoms with Crippen LogP contribution in [-0.2, 0) is 0 Å². The van der Waals surface area contributed by atoms with E-state index in [1.807, 2.05) is 22.7 Å². The predicted octanol–water partition coefficient (Wildman–Crippen LogP) is 16.9. The summed E-state index contributed by atoms with van der Waals surface area (Å²) in [7, 11) is 0. The Labute approximate surface area is 367 Å². The first-order valence-electron chi connectivity index (χ1n) is 20.9. The van der Waals surface area contributed by atoms with E-state index in [2.05, 4.69) is 218 Å². The van der Waals surface area contributed by atoms with Gasteiger partial charge in [0.2, 0.25) is 0 Å². The second-order valence-corrected chi connectivity index (χ2v) is 17.7. The Morgan fingerprint density at radius 2 is 0.661 bits per heavy atom. The van der Waals surface area contributed by atoms with Crippen LogP contribution >= 0.6 is 22.7 Å². The summed E-state index contributed by atoms with van der Waals surface area (Å²) in [5.74, 6) is 0.684. The zero-order valence-corrected chi connectivity index (χ0v) is 35.1. The monoisotopic (exact) mass is 824 g/mol. The quantitative estimate of drug-likeness (QED) is 0.160. The number of rotatable bonds is 7. The molecule has 4 heteroatoms. The minimum absolute atomic E-state index is 0.684. The van der Waals surface area contributed by atoms with Gasteiger partial charge >= 0.3 is 0 Å². The van der Waals surface area contributed by atoms with Crippen LogP contribution < -0.4 is 0 Å². The first-order chi connectivity index (χ1) is 30.8. The molecule has 0 saturated carbocycles. The normalized spacial score (nSPS) is 11.5. The van der Waals surface area contributed by atoms with Gasteiger partial charge in [0, 0.05) is 62.6 Å². The Balaban J connectivity index is 1.24. The molecule has 3 aromatic heterocycles. The van der Waals surface area contributed by atoms with E-state index in [-0.39, 0.29) is 0 Å². The average molecular weight is 825 g/mol. The van der Waals surface area contributed by atoms with Gasteiger partial charge in [0.25, 0.3) is 0 Å². The summed E-state index contributed by atoms with van der Waals surface area (Å²) < 4.78 is 4.98. The Morgan fingerprint density at radius 1 is 0.274 bits per heavy atom. The van der Waals surface area contributed by atoms with E-state index in [1.165, 1.54) is 40.3 Å². The number of fused-ring (bicyclic) bond motifs is 6. The molecule has 0 aliphatic heterocycles. The molecule has 0 aliphatic rings. The maximum absolute atomic E-state index is 5.75. The molecule has 0 atom stereocenters. The fraction of sp³-hybridized carbons (Fsp3) is 0. The highest BCUT2D eigenvalue weighted by molar-refractivity contribution is 7.26. The lowest BCUT2D eigenvalue weighted by molar-refractivity contribution is 1.19. The van der Waals surface area contributed by atoms with Gasteiger partial charge in [-0.2, -0.15) is 0 Å². The third-order valence-corrected chi connectivity index (χ3v) is 14.4. The molecule has 0 saturated heterocycles. The lowest BCUT2D eigenvalue weighted by Crippen LogP contribution is -2.01. The second-order valence-electron chi connectivity index (χ2n) is 15.6. The number of benzene rings is 9. The third-order valence-electron chi connectivity index (χ3n) is 12.0. The van der Waals surface area contributed by atoms with Crippen molar-refractivity contribution in [2.24, 2.45) is 0 Å². The summed E-state index contributed by atoms with van der Waals surface area (Å²) in [6, 6.07) is 78.5. The lowest BCUT2D eigenvalue weighted by atomic mass is 9.82. The van der Waals surface area contributed by atoms with Gasteiger partial charge in [-0.15, -0.1) is 22.7 Å². The lowest BCUT2D eigenvalue weighted by Gasteiger charge is -2.22. The maximum Gasteiger partial charge on any atom is 0.161 e. The van der Waals surface area contributed by atoms with E-state index in [9.17, 15) is 0 Å². The Bertz CT molecular complexity index is 3490. The highest BCUT2D eigenvalue weighted by Crippen LogP contribution is 2.49. The summed E-state index contributed by atoms with van der Waals surface area (Å²) in [6.07, 6.45) is 0. The van der Waals surface area contributed by atoms with E-state index < -0.39 is 0 Å². The minimum atomic E-state index is 0.684.